The van der Waals surface area contributed by atoms with Crippen molar-refractivity contribution in [2.45, 2.75) is 32.1 Å². The summed E-state index contributed by atoms with van der Waals surface area (Å²) >= 11 is 1.72. The van der Waals surface area contributed by atoms with Gasteiger partial charge in [0.1, 0.15) is 0 Å². The number of thiophene rings is 1. The normalized spacial score (nSPS) is 25.2. The maximum Gasteiger partial charge on any atom is 0.308 e. The Morgan fingerprint density at radius 3 is 2.76 bits per heavy atom. The summed E-state index contributed by atoms with van der Waals surface area (Å²) in [4.78, 5) is 26.7. The number of likely N-dealkylation sites (tertiary alicyclic amines) is 1. The van der Waals surface area contributed by atoms with E-state index in [9.17, 15) is 14.7 Å². The number of nitrogens with zero attached hydrogens (tertiary/aromatic N) is 1. The van der Waals surface area contributed by atoms with Crippen LogP contribution in [0.4, 0.5) is 0 Å². The Kier molecular flexibility index (Phi) is 4.29. The summed E-state index contributed by atoms with van der Waals surface area (Å²) in [5, 5.41) is 11.4. The van der Waals surface area contributed by atoms with Crippen LogP contribution in [0.3, 0.4) is 0 Å². The number of carboxylic acids is 1. The lowest BCUT2D eigenvalue weighted by atomic mass is 9.92. The van der Waals surface area contributed by atoms with Crippen LogP contribution in [0.15, 0.2) is 17.5 Å². The first-order valence-electron chi connectivity index (χ1n) is 7.68. The predicted molar refractivity (Wildman–Crippen MR) is 81.2 cm³/mol. The molecule has 2 fully saturated rings. The van der Waals surface area contributed by atoms with Gasteiger partial charge in [-0.05, 0) is 49.0 Å². The van der Waals surface area contributed by atoms with Crippen LogP contribution in [0, 0.1) is 17.8 Å². The third-order valence-electron chi connectivity index (χ3n) is 4.66. The van der Waals surface area contributed by atoms with Gasteiger partial charge in [0, 0.05) is 24.4 Å². The minimum Gasteiger partial charge on any atom is -0.481 e. The highest BCUT2D eigenvalue weighted by molar-refractivity contribution is 7.09. The highest BCUT2D eigenvalue weighted by Gasteiger charge is 2.46. The van der Waals surface area contributed by atoms with Gasteiger partial charge in [0.15, 0.2) is 0 Å². The van der Waals surface area contributed by atoms with Crippen LogP contribution < -0.4 is 0 Å². The first-order valence-corrected chi connectivity index (χ1v) is 8.56. The Morgan fingerprint density at radius 2 is 2.14 bits per heavy atom. The Bertz CT molecular complexity index is 510. The van der Waals surface area contributed by atoms with E-state index in [-0.39, 0.29) is 17.7 Å². The van der Waals surface area contributed by atoms with Gasteiger partial charge >= 0.3 is 5.97 Å². The molecule has 0 spiro atoms. The Morgan fingerprint density at radius 1 is 1.33 bits per heavy atom. The molecule has 0 radical (unpaired) electrons. The summed E-state index contributed by atoms with van der Waals surface area (Å²) in [5.74, 6) is -0.237. The first-order chi connectivity index (χ1) is 10.1. The molecule has 114 valence electrons. The van der Waals surface area contributed by atoms with Crippen molar-refractivity contribution in [1.29, 1.82) is 0 Å². The largest absolute Gasteiger partial charge is 0.481 e. The number of carbonyl (C=O) groups excluding carboxylic acids is 1. The Labute approximate surface area is 128 Å². The summed E-state index contributed by atoms with van der Waals surface area (Å²) in [6.45, 7) is 1.06. The monoisotopic (exact) mass is 307 g/mol. The second-order valence-corrected chi connectivity index (χ2v) is 7.21. The highest BCUT2D eigenvalue weighted by atomic mass is 32.1. The van der Waals surface area contributed by atoms with E-state index in [4.69, 9.17) is 0 Å². The van der Waals surface area contributed by atoms with E-state index in [0.29, 0.717) is 25.4 Å². The van der Waals surface area contributed by atoms with E-state index < -0.39 is 5.97 Å². The summed E-state index contributed by atoms with van der Waals surface area (Å²) in [5.41, 5.74) is 0. The van der Waals surface area contributed by atoms with Crippen molar-refractivity contribution >= 4 is 23.2 Å². The van der Waals surface area contributed by atoms with E-state index in [1.54, 1.807) is 16.2 Å². The molecule has 5 heteroatoms. The molecule has 1 aliphatic carbocycles. The smallest absolute Gasteiger partial charge is 0.308 e. The topological polar surface area (TPSA) is 57.6 Å². The lowest BCUT2D eigenvalue weighted by Crippen LogP contribution is -2.29. The summed E-state index contributed by atoms with van der Waals surface area (Å²) < 4.78 is 0. The van der Waals surface area contributed by atoms with Crippen LogP contribution in [0.1, 0.15) is 30.6 Å². The standard InChI is InChI=1S/C16H21NO3S/c18-15(5-1-3-12-4-2-8-21-12)17-9-13(11-6-7-11)14(10-17)16(19)20/h2,4,8,11,13-14H,1,3,5-7,9-10H2,(H,19,20)/t13-,14+/m0/s1. The molecule has 2 atom stereocenters. The molecule has 0 unspecified atom stereocenters. The molecule has 21 heavy (non-hydrogen) atoms. The minimum absolute atomic E-state index is 0.126. The lowest BCUT2D eigenvalue weighted by molar-refractivity contribution is -0.142. The fourth-order valence-electron chi connectivity index (χ4n) is 3.32. The van der Waals surface area contributed by atoms with E-state index in [1.807, 2.05) is 6.07 Å². The number of rotatable bonds is 6. The number of hydrogen-bond acceptors (Lipinski definition) is 3. The number of carbonyl (C=O) groups is 2. The highest BCUT2D eigenvalue weighted by Crippen LogP contribution is 2.44. The molecule has 0 aromatic carbocycles. The Balaban J connectivity index is 1.49. The fourth-order valence-corrected chi connectivity index (χ4v) is 4.07. The Hall–Kier alpha value is -1.36. The molecule has 1 aliphatic heterocycles. The van der Waals surface area contributed by atoms with Crippen molar-refractivity contribution in [3.05, 3.63) is 22.4 Å². The number of hydrogen-bond donors (Lipinski definition) is 1. The molecule has 1 saturated carbocycles. The molecule has 1 N–H and O–H groups in total. The molecule has 1 aromatic heterocycles. The van der Waals surface area contributed by atoms with Gasteiger partial charge in [0.25, 0.3) is 0 Å². The molecule has 3 rings (SSSR count). The molecule has 2 heterocycles. The number of amides is 1. The summed E-state index contributed by atoms with van der Waals surface area (Å²) in [7, 11) is 0. The first kappa shape index (κ1) is 14.6. The van der Waals surface area contributed by atoms with E-state index in [1.165, 1.54) is 4.88 Å². The van der Waals surface area contributed by atoms with Gasteiger partial charge in [-0.1, -0.05) is 6.07 Å². The molecule has 1 aromatic rings. The molecular weight excluding hydrogens is 286 g/mol. The predicted octanol–water partition coefficient (Wildman–Crippen LogP) is 2.64. The lowest BCUT2D eigenvalue weighted by Gasteiger charge is -2.16. The van der Waals surface area contributed by atoms with Gasteiger partial charge in [-0.2, -0.15) is 0 Å². The van der Waals surface area contributed by atoms with Crippen LogP contribution in [0.2, 0.25) is 0 Å². The SMILES string of the molecule is O=C(O)[C@@H]1CN(C(=O)CCCc2cccs2)C[C@H]1C1CC1. The minimum atomic E-state index is -0.735. The second-order valence-electron chi connectivity index (χ2n) is 6.18. The molecule has 0 bridgehead atoms. The number of carboxylic acid groups (broad SMARTS) is 1. The van der Waals surface area contributed by atoms with Crippen LogP contribution in [-0.2, 0) is 16.0 Å². The summed E-state index contributed by atoms with van der Waals surface area (Å²) in [6.07, 6.45) is 4.58. The van der Waals surface area contributed by atoms with E-state index >= 15 is 0 Å². The van der Waals surface area contributed by atoms with Gasteiger partial charge < -0.3 is 10.0 Å². The molecule has 2 aliphatic rings. The van der Waals surface area contributed by atoms with E-state index in [0.717, 1.165) is 25.7 Å². The fraction of sp³-hybridized carbons (Fsp3) is 0.625. The third-order valence-corrected chi connectivity index (χ3v) is 5.59. The van der Waals surface area contributed by atoms with Gasteiger partial charge in [-0.15, -0.1) is 11.3 Å². The third kappa shape index (κ3) is 3.46. The van der Waals surface area contributed by atoms with Crippen molar-refractivity contribution in [2.24, 2.45) is 17.8 Å². The second kappa shape index (κ2) is 6.18. The molecule has 1 saturated heterocycles. The number of aryl methyl sites for hydroxylation is 1. The zero-order valence-corrected chi connectivity index (χ0v) is 12.8. The van der Waals surface area contributed by atoms with E-state index in [2.05, 4.69) is 11.4 Å². The molecule has 1 amide bonds. The van der Waals surface area contributed by atoms with Crippen LogP contribution in [0.25, 0.3) is 0 Å². The van der Waals surface area contributed by atoms with Crippen molar-refractivity contribution < 1.29 is 14.7 Å². The van der Waals surface area contributed by atoms with Crippen molar-refractivity contribution in [3.8, 4) is 0 Å². The zero-order valence-electron chi connectivity index (χ0n) is 12.0. The van der Waals surface area contributed by atoms with Gasteiger partial charge in [0.2, 0.25) is 5.91 Å². The quantitative estimate of drug-likeness (QED) is 0.879. The summed E-state index contributed by atoms with van der Waals surface area (Å²) in [6, 6.07) is 4.12. The molecule has 4 nitrogen and oxygen atoms in total. The number of aliphatic carboxylic acids is 1. The van der Waals surface area contributed by atoms with Crippen molar-refractivity contribution in [2.75, 3.05) is 13.1 Å². The maximum absolute atomic E-state index is 12.3. The van der Waals surface area contributed by atoms with Gasteiger partial charge in [0.05, 0.1) is 5.92 Å². The van der Waals surface area contributed by atoms with Crippen LogP contribution in [0.5, 0.6) is 0 Å². The van der Waals surface area contributed by atoms with Gasteiger partial charge in [-0.25, -0.2) is 0 Å². The van der Waals surface area contributed by atoms with Crippen LogP contribution in [-0.4, -0.2) is 35.0 Å². The average molecular weight is 307 g/mol. The van der Waals surface area contributed by atoms with Crippen molar-refractivity contribution in [1.82, 2.24) is 4.90 Å². The average Bonchev–Trinajstić information content (AvgIpc) is 3.00. The van der Waals surface area contributed by atoms with Gasteiger partial charge in [-0.3, -0.25) is 9.59 Å². The maximum atomic E-state index is 12.3. The molecular formula is C16H21NO3S. The van der Waals surface area contributed by atoms with Crippen LogP contribution >= 0.6 is 11.3 Å². The van der Waals surface area contributed by atoms with Crippen molar-refractivity contribution in [3.63, 3.8) is 0 Å². The zero-order chi connectivity index (χ0) is 14.8.